The van der Waals surface area contributed by atoms with Crippen LogP contribution in [0, 0.1) is 0 Å². The summed E-state index contributed by atoms with van der Waals surface area (Å²) in [6.45, 7) is 1.98. The average Bonchev–Trinajstić information content (AvgIpc) is 2.38. The molecule has 20 heavy (non-hydrogen) atoms. The van der Waals surface area contributed by atoms with Gasteiger partial charge in [0.15, 0.2) is 0 Å². The molecule has 2 aromatic rings. The summed E-state index contributed by atoms with van der Waals surface area (Å²) in [7, 11) is 0. The number of hydrogen-bond donors (Lipinski definition) is 2. The van der Waals surface area contributed by atoms with Crippen LogP contribution in [0.25, 0.3) is 0 Å². The number of benzene rings is 1. The highest BCUT2D eigenvalue weighted by atomic mass is 35.5. The van der Waals surface area contributed by atoms with Crippen LogP contribution in [-0.4, -0.2) is 9.97 Å². The zero-order valence-corrected chi connectivity index (χ0v) is 13.1. The summed E-state index contributed by atoms with van der Waals surface area (Å²) < 4.78 is 0. The van der Waals surface area contributed by atoms with Gasteiger partial charge in [-0.15, -0.1) is 0 Å². The fraction of sp³-hybridized carbons (Fsp3) is 0.143. The topological polar surface area (TPSA) is 50.9 Å². The van der Waals surface area contributed by atoms with Crippen molar-refractivity contribution < 1.29 is 0 Å². The SMILES string of the molecule is CC(Nc1ncccc1C(N)=S)c1ccc(Cl)cc1Cl. The molecule has 0 amide bonds. The molecule has 2 rings (SSSR count). The Morgan fingerprint density at radius 2 is 2.10 bits per heavy atom. The highest BCUT2D eigenvalue weighted by molar-refractivity contribution is 7.80. The molecule has 0 radical (unpaired) electrons. The number of nitrogens with two attached hydrogens (primary N) is 1. The first-order valence-electron chi connectivity index (χ1n) is 5.95. The van der Waals surface area contributed by atoms with Gasteiger partial charge in [-0.1, -0.05) is 41.5 Å². The van der Waals surface area contributed by atoms with E-state index in [1.54, 1.807) is 24.4 Å². The molecule has 1 unspecified atom stereocenters. The quantitative estimate of drug-likeness (QED) is 0.827. The van der Waals surface area contributed by atoms with E-state index >= 15 is 0 Å². The minimum absolute atomic E-state index is 0.0530. The van der Waals surface area contributed by atoms with Gasteiger partial charge in [0.25, 0.3) is 0 Å². The Balaban J connectivity index is 2.28. The smallest absolute Gasteiger partial charge is 0.136 e. The molecule has 0 aliphatic carbocycles. The van der Waals surface area contributed by atoms with Crippen LogP contribution < -0.4 is 11.1 Å². The van der Waals surface area contributed by atoms with Crippen molar-refractivity contribution in [1.29, 1.82) is 0 Å². The Hall–Kier alpha value is -1.36. The van der Waals surface area contributed by atoms with Crippen molar-refractivity contribution in [2.24, 2.45) is 5.73 Å². The molecule has 1 heterocycles. The van der Waals surface area contributed by atoms with Crippen LogP contribution in [0.1, 0.15) is 24.1 Å². The third-order valence-electron chi connectivity index (χ3n) is 2.86. The average molecular weight is 326 g/mol. The highest BCUT2D eigenvalue weighted by Crippen LogP contribution is 2.28. The molecule has 0 bridgehead atoms. The van der Waals surface area contributed by atoms with Crippen molar-refractivity contribution >= 4 is 46.2 Å². The molecule has 0 saturated heterocycles. The zero-order chi connectivity index (χ0) is 14.7. The minimum atomic E-state index is -0.0530. The van der Waals surface area contributed by atoms with Gasteiger partial charge in [0.05, 0.1) is 11.6 Å². The van der Waals surface area contributed by atoms with Crippen molar-refractivity contribution in [1.82, 2.24) is 4.98 Å². The number of thiocarbonyl (C=S) groups is 1. The van der Waals surface area contributed by atoms with Gasteiger partial charge in [-0.2, -0.15) is 0 Å². The molecule has 0 spiro atoms. The summed E-state index contributed by atoms with van der Waals surface area (Å²) in [5.74, 6) is 0.638. The number of hydrogen-bond acceptors (Lipinski definition) is 3. The summed E-state index contributed by atoms with van der Waals surface area (Å²) in [6.07, 6.45) is 1.68. The normalized spacial score (nSPS) is 11.9. The molecular weight excluding hydrogens is 313 g/mol. The fourth-order valence-electron chi connectivity index (χ4n) is 1.85. The van der Waals surface area contributed by atoms with Crippen molar-refractivity contribution in [3.05, 3.63) is 57.7 Å². The number of anilines is 1. The third kappa shape index (κ3) is 3.39. The van der Waals surface area contributed by atoms with Gasteiger partial charge in [0, 0.05) is 16.2 Å². The van der Waals surface area contributed by atoms with Crippen molar-refractivity contribution in [2.45, 2.75) is 13.0 Å². The Labute approximate surface area is 133 Å². The molecule has 0 aliphatic rings. The molecule has 1 aromatic carbocycles. The van der Waals surface area contributed by atoms with Crippen LogP contribution in [0.2, 0.25) is 10.0 Å². The van der Waals surface area contributed by atoms with E-state index in [-0.39, 0.29) is 6.04 Å². The predicted molar refractivity (Wildman–Crippen MR) is 88.6 cm³/mol. The zero-order valence-electron chi connectivity index (χ0n) is 10.7. The number of nitrogens with one attached hydrogen (secondary N) is 1. The van der Waals surface area contributed by atoms with Crippen molar-refractivity contribution in [3.63, 3.8) is 0 Å². The Kier molecular flexibility index (Phi) is 4.81. The summed E-state index contributed by atoms with van der Waals surface area (Å²) in [5, 5.41) is 4.47. The van der Waals surface area contributed by atoms with Crippen LogP contribution in [0.4, 0.5) is 5.82 Å². The maximum Gasteiger partial charge on any atom is 0.136 e. The largest absolute Gasteiger partial charge is 0.389 e. The van der Waals surface area contributed by atoms with Gasteiger partial charge in [-0.05, 0) is 36.8 Å². The van der Waals surface area contributed by atoms with Crippen LogP contribution in [0.5, 0.6) is 0 Å². The third-order valence-corrected chi connectivity index (χ3v) is 3.64. The van der Waals surface area contributed by atoms with Gasteiger partial charge >= 0.3 is 0 Å². The molecule has 3 N–H and O–H groups in total. The highest BCUT2D eigenvalue weighted by Gasteiger charge is 2.13. The van der Waals surface area contributed by atoms with Gasteiger partial charge < -0.3 is 11.1 Å². The fourth-order valence-corrected chi connectivity index (χ4v) is 2.59. The van der Waals surface area contributed by atoms with Crippen LogP contribution in [0.15, 0.2) is 36.5 Å². The van der Waals surface area contributed by atoms with Crippen LogP contribution >= 0.6 is 35.4 Å². The van der Waals surface area contributed by atoms with E-state index < -0.39 is 0 Å². The van der Waals surface area contributed by atoms with E-state index in [0.717, 1.165) is 5.56 Å². The van der Waals surface area contributed by atoms with E-state index in [4.69, 9.17) is 41.2 Å². The molecule has 1 aromatic heterocycles. The second-order valence-corrected chi connectivity index (χ2v) is 5.58. The molecule has 0 fully saturated rings. The summed E-state index contributed by atoms with van der Waals surface area (Å²) in [4.78, 5) is 4.57. The summed E-state index contributed by atoms with van der Waals surface area (Å²) in [6, 6.07) is 8.96. The Morgan fingerprint density at radius 1 is 1.35 bits per heavy atom. The van der Waals surface area contributed by atoms with Crippen LogP contribution in [0.3, 0.4) is 0 Å². The molecular formula is C14H13Cl2N3S. The lowest BCUT2D eigenvalue weighted by Crippen LogP contribution is -2.16. The summed E-state index contributed by atoms with van der Waals surface area (Å²) >= 11 is 17.1. The van der Waals surface area contributed by atoms with Gasteiger partial charge in [0.1, 0.15) is 10.8 Å². The molecule has 0 saturated carbocycles. The minimum Gasteiger partial charge on any atom is -0.389 e. The number of halogens is 2. The van der Waals surface area contributed by atoms with Gasteiger partial charge in [-0.25, -0.2) is 4.98 Å². The molecule has 1 atom stereocenters. The van der Waals surface area contributed by atoms with E-state index in [1.807, 2.05) is 19.1 Å². The molecule has 104 valence electrons. The maximum absolute atomic E-state index is 6.20. The monoisotopic (exact) mass is 325 g/mol. The van der Waals surface area contributed by atoms with Gasteiger partial charge in [0.2, 0.25) is 0 Å². The maximum atomic E-state index is 6.20. The number of rotatable bonds is 4. The molecule has 0 aliphatic heterocycles. The molecule has 3 nitrogen and oxygen atoms in total. The number of aromatic nitrogens is 1. The first-order valence-corrected chi connectivity index (χ1v) is 7.11. The Morgan fingerprint density at radius 3 is 2.75 bits per heavy atom. The van der Waals surface area contributed by atoms with E-state index in [9.17, 15) is 0 Å². The lowest BCUT2D eigenvalue weighted by Gasteiger charge is -2.18. The Bertz CT molecular complexity index is 646. The second-order valence-electron chi connectivity index (χ2n) is 4.30. The van der Waals surface area contributed by atoms with E-state index in [0.29, 0.717) is 26.4 Å². The van der Waals surface area contributed by atoms with E-state index in [2.05, 4.69) is 10.3 Å². The summed E-state index contributed by atoms with van der Waals surface area (Å²) in [5.41, 5.74) is 7.32. The lowest BCUT2D eigenvalue weighted by atomic mass is 10.1. The van der Waals surface area contributed by atoms with Crippen LogP contribution in [-0.2, 0) is 0 Å². The van der Waals surface area contributed by atoms with Gasteiger partial charge in [-0.3, -0.25) is 0 Å². The second kappa shape index (κ2) is 6.39. The molecule has 6 heteroatoms. The lowest BCUT2D eigenvalue weighted by molar-refractivity contribution is 0.874. The number of nitrogens with zero attached hydrogens (tertiary/aromatic N) is 1. The van der Waals surface area contributed by atoms with E-state index in [1.165, 1.54) is 0 Å². The first kappa shape index (κ1) is 15.0. The van der Waals surface area contributed by atoms with Crippen molar-refractivity contribution in [3.8, 4) is 0 Å². The predicted octanol–water partition coefficient (Wildman–Crippen LogP) is 4.20. The standard InChI is InChI=1S/C14H13Cl2N3S/c1-8(10-5-4-9(15)7-12(10)16)19-14-11(13(17)20)3-2-6-18-14/h2-8H,1H3,(H2,17,20)(H,18,19). The number of pyridine rings is 1. The van der Waals surface area contributed by atoms with Crippen molar-refractivity contribution in [2.75, 3.05) is 5.32 Å². The first-order chi connectivity index (χ1) is 9.49.